The first-order valence-electron chi connectivity index (χ1n) is 6.18. The van der Waals surface area contributed by atoms with E-state index in [1.807, 2.05) is 20.8 Å². The standard InChI is InChI=1S/C14H16ClN3O2/c1-8-5-9(6-11(15)16-8)13(19)17-12-7-10(18-20-12)14(2,3)4/h5-7H,1-4H3,(H,17,19). The van der Waals surface area contributed by atoms with Crippen LogP contribution in [0, 0.1) is 6.92 Å². The number of aromatic nitrogens is 2. The van der Waals surface area contributed by atoms with E-state index in [1.54, 1.807) is 19.1 Å². The summed E-state index contributed by atoms with van der Waals surface area (Å²) >= 11 is 5.83. The van der Waals surface area contributed by atoms with Crippen molar-refractivity contribution in [2.75, 3.05) is 5.32 Å². The Morgan fingerprint density at radius 2 is 2.00 bits per heavy atom. The first-order chi connectivity index (χ1) is 9.25. The van der Waals surface area contributed by atoms with Crippen LogP contribution in [0.2, 0.25) is 5.15 Å². The molecule has 0 bridgehead atoms. The molecule has 0 fully saturated rings. The highest BCUT2D eigenvalue weighted by molar-refractivity contribution is 6.29. The van der Waals surface area contributed by atoms with Gasteiger partial charge in [0.2, 0.25) is 5.88 Å². The molecule has 0 saturated carbocycles. The number of amides is 1. The van der Waals surface area contributed by atoms with E-state index in [1.165, 1.54) is 6.07 Å². The average molecular weight is 294 g/mol. The molecule has 0 aliphatic carbocycles. The number of carbonyl (C=O) groups excluding carboxylic acids is 1. The van der Waals surface area contributed by atoms with Crippen molar-refractivity contribution in [2.24, 2.45) is 0 Å². The van der Waals surface area contributed by atoms with E-state index in [2.05, 4.69) is 15.5 Å². The number of carbonyl (C=O) groups is 1. The molecular formula is C14H16ClN3O2. The van der Waals surface area contributed by atoms with E-state index < -0.39 is 0 Å². The Bertz CT molecular complexity index is 624. The molecule has 106 valence electrons. The van der Waals surface area contributed by atoms with Gasteiger partial charge < -0.3 is 4.52 Å². The first-order valence-corrected chi connectivity index (χ1v) is 6.56. The van der Waals surface area contributed by atoms with Gasteiger partial charge in [-0.05, 0) is 19.1 Å². The van der Waals surface area contributed by atoms with Crippen molar-refractivity contribution in [3.8, 4) is 0 Å². The summed E-state index contributed by atoms with van der Waals surface area (Å²) in [5, 5.41) is 6.87. The molecule has 2 heterocycles. The maximum absolute atomic E-state index is 12.1. The van der Waals surface area contributed by atoms with Crippen molar-refractivity contribution in [2.45, 2.75) is 33.1 Å². The molecule has 2 aromatic heterocycles. The molecule has 0 aliphatic rings. The highest BCUT2D eigenvalue weighted by Crippen LogP contribution is 2.24. The first kappa shape index (κ1) is 14.5. The summed E-state index contributed by atoms with van der Waals surface area (Å²) in [4.78, 5) is 16.1. The highest BCUT2D eigenvalue weighted by atomic mass is 35.5. The number of hydrogen-bond donors (Lipinski definition) is 1. The SMILES string of the molecule is Cc1cc(C(=O)Nc2cc(C(C)(C)C)no2)cc(Cl)n1. The van der Waals surface area contributed by atoms with Crippen molar-refractivity contribution in [1.29, 1.82) is 0 Å². The minimum absolute atomic E-state index is 0.136. The molecule has 5 nitrogen and oxygen atoms in total. The zero-order valence-electron chi connectivity index (χ0n) is 11.8. The third kappa shape index (κ3) is 3.36. The van der Waals surface area contributed by atoms with Crippen LogP contribution in [0.25, 0.3) is 0 Å². The van der Waals surface area contributed by atoms with Gasteiger partial charge in [0.15, 0.2) is 0 Å². The minimum Gasteiger partial charge on any atom is -0.338 e. The van der Waals surface area contributed by atoms with Crippen LogP contribution in [0.4, 0.5) is 5.88 Å². The Balaban J connectivity index is 2.17. The van der Waals surface area contributed by atoms with Crippen molar-refractivity contribution >= 4 is 23.4 Å². The Morgan fingerprint density at radius 3 is 2.55 bits per heavy atom. The van der Waals surface area contributed by atoms with E-state index in [0.29, 0.717) is 17.1 Å². The number of nitrogens with one attached hydrogen (secondary N) is 1. The molecule has 6 heteroatoms. The second kappa shape index (κ2) is 5.25. The monoisotopic (exact) mass is 293 g/mol. The minimum atomic E-state index is -0.311. The van der Waals surface area contributed by atoms with Gasteiger partial charge in [-0.2, -0.15) is 0 Å². The van der Waals surface area contributed by atoms with Gasteiger partial charge in [-0.1, -0.05) is 37.5 Å². The van der Waals surface area contributed by atoms with Crippen LogP contribution >= 0.6 is 11.6 Å². The van der Waals surface area contributed by atoms with Crippen LogP contribution in [0.3, 0.4) is 0 Å². The predicted molar refractivity (Wildman–Crippen MR) is 77.1 cm³/mol. The van der Waals surface area contributed by atoms with Gasteiger partial charge in [0.1, 0.15) is 5.15 Å². The van der Waals surface area contributed by atoms with Crippen molar-refractivity contribution in [3.05, 3.63) is 40.3 Å². The van der Waals surface area contributed by atoms with Crippen LogP contribution in [0.1, 0.15) is 42.5 Å². The maximum atomic E-state index is 12.1. The molecule has 20 heavy (non-hydrogen) atoms. The number of rotatable bonds is 2. The summed E-state index contributed by atoms with van der Waals surface area (Å²) in [6.45, 7) is 7.82. The van der Waals surface area contributed by atoms with E-state index in [9.17, 15) is 4.79 Å². The lowest BCUT2D eigenvalue weighted by Gasteiger charge is -2.12. The fraction of sp³-hybridized carbons (Fsp3) is 0.357. The second-order valence-electron chi connectivity index (χ2n) is 5.60. The molecule has 0 unspecified atom stereocenters. The molecule has 0 spiro atoms. The lowest BCUT2D eigenvalue weighted by atomic mass is 9.92. The molecule has 0 radical (unpaired) electrons. The van der Waals surface area contributed by atoms with Gasteiger partial charge in [0, 0.05) is 22.7 Å². The van der Waals surface area contributed by atoms with Gasteiger partial charge in [0.25, 0.3) is 5.91 Å². The average Bonchev–Trinajstić information content (AvgIpc) is 2.75. The number of aryl methyl sites for hydroxylation is 1. The van der Waals surface area contributed by atoms with Crippen LogP contribution < -0.4 is 5.32 Å². The predicted octanol–water partition coefficient (Wildman–Crippen LogP) is 3.58. The number of nitrogens with zero attached hydrogens (tertiary/aromatic N) is 2. The zero-order chi connectivity index (χ0) is 14.9. The topological polar surface area (TPSA) is 68.0 Å². The van der Waals surface area contributed by atoms with E-state index in [0.717, 1.165) is 5.69 Å². The quantitative estimate of drug-likeness (QED) is 0.859. The van der Waals surface area contributed by atoms with Crippen LogP contribution in [-0.2, 0) is 5.41 Å². The van der Waals surface area contributed by atoms with E-state index in [-0.39, 0.29) is 16.5 Å². The van der Waals surface area contributed by atoms with Crippen molar-refractivity contribution in [3.63, 3.8) is 0 Å². The Labute approximate surface area is 122 Å². The Hall–Kier alpha value is -1.88. The van der Waals surface area contributed by atoms with Gasteiger partial charge >= 0.3 is 0 Å². The van der Waals surface area contributed by atoms with E-state index >= 15 is 0 Å². The zero-order valence-corrected chi connectivity index (χ0v) is 12.6. The van der Waals surface area contributed by atoms with Crippen LogP contribution in [0.15, 0.2) is 22.7 Å². The highest BCUT2D eigenvalue weighted by Gasteiger charge is 2.20. The van der Waals surface area contributed by atoms with Crippen molar-refractivity contribution < 1.29 is 9.32 Å². The van der Waals surface area contributed by atoms with Gasteiger partial charge in [-0.25, -0.2) is 4.98 Å². The number of halogens is 1. The molecule has 0 atom stereocenters. The number of hydrogen-bond acceptors (Lipinski definition) is 4. The maximum Gasteiger partial charge on any atom is 0.258 e. The fourth-order valence-corrected chi connectivity index (χ4v) is 1.88. The smallest absolute Gasteiger partial charge is 0.258 e. The third-order valence-corrected chi connectivity index (χ3v) is 2.89. The molecule has 1 amide bonds. The largest absolute Gasteiger partial charge is 0.338 e. The summed E-state index contributed by atoms with van der Waals surface area (Å²) < 4.78 is 5.11. The molecule has 0 aromatic carbocycles. The summed E-state index contributed by atoms with van der Waals surface area (Å²) in [6.07, 6.45) is 0. The summed E-state index contributed by atoms with van der Waals surface area (Å²) in [5.74, 6) is -0.000443. The summed E-state index contributed by atoms with van der Waals surface area (Å²) in [7, 11) is 0. The lowest BCUT2D eigenvalue weighted by molar-refractivity contribution is 0.102. The molecule has 1 N–H and O–H groups in total. The van der Waals surface area contributed by atoms with Gasteiger partial charge in [-0.3, -0.25) is 10.1 Å². The number of anilines is 1. The Morgan fingerprint density at radius 1 is 1.30 bits per heavy atom. The summed E-state index contributed by atoms with van der Waals surface area (Å²) in [6, 6.07) is 4.88. The third-order valence-electron chi connectivity index (χ3n) is 2.70. The van der Waals surface area contributed by atoms with E-state index in [4.69, 9.17) is 16.1 Å². The Kier molecular flexibility index (Phi) is 3.81. The van der Waals surface area contributed by atoms with Gasteiger partial charge in [-0.15, -0.1) is 0 Å². The van der Waals surface area contributed by atoms with Crippen LogP contribution in [-0.4, -0.2) is 16.0 Å². The molecule has 0 aliphatic heterocycles. The van der Waals surface area contributed by atoms with Gasteiger partial charge in [0.05, 0.1) is 5.69 Å². The molecular weight excluding hydrogens is 278 g/mol. The second-order valence-corrected chi connectivity index (χ2v) is 5.99. The fourth-order valence-electron chi connectivity index (χ4n) is 1.63. The molecule has 0 saturated heterocycles. The van der Waals surface area contributed by atoms with Crippen LogP contribution in [0.5, 0.6) is 0 Å². The number of pyridine rings is 1. The summed E-state index contributed by atoms with van der Waals surface area (Å²) in [5.41, 5.74) is 1.74. The molecule has 2 aromatic rings. The normalized spacial score (nSPS) is 11.4. The van der Waals surface area contributed by atoms with Crippen molar-refractivity contribution in [1.82, 2.24) is 10.1 Å². The molecule has 2 rings (SSSR count). The lowest BCUT2D eigenvalue weighted by Crippen LogP contribution is -2.13.